The molecule has 0 amide bonds. The Morgan fingerprint density at radius 2 is 2.18 bits per heavy atom. The molecule has 1 N–H and O–H groups in total. The Bertz CT molecular complexity index is 473. The van der Waals surface area contributed by atoms with Gasteiger partial charge in [-0.15, -0.1) is 0 Å². The third kappa shape index (κ3) is 3.39. The van der Waals surface area contributed by atoms with E-state index in [4.69, 9.17) is 4.74 Å². The summed E-state index contributed by atoms with van der Waals surface area (Å²) in [7, 11) is 0. The van der Waals surface area contributed by atoms with E-state index in [1.165, 1.54) is 0 Å². The van der Waals surface area contributed by atoms with Crippen LogP contribution in [0.3, 0.4) is 0 Å². The number of fused-ring (bicyclic) bond motifs is 1. The van der Waals surface area contributed by atoms with Gasteiger partial charge >= 0.3 is 0 Å². The highest BCUT2D eigenvalue weighted by atomic mass is 16.5. The van der Waals surface area contributed by atoms with Crippen LogP contribution < -0.4 is 5.32 Å². The average molecular weight is 231 g/mol. The van der Waals surface area contributed by atoms with Crippen LogP contribution in [0, 0.1) is 0 Å². The highest BCUT2D eigenvalue weighted by Crippen LogP contribution is 2.11. The molecule has 1 aromatic carbocycles. The lowest BCUT2D eigenvalue weighted by Gasteiger charge is -2.05. The van der Waals surface area contributed by atoms with Crippen molar-refractivity contribution in [2.24, 2.45) is 0 Å². The first kappa shape index (κ1) is 11.8. The smallest absolute Gasteiger partial charge is 0.223 e. The second kappa shape index (κ2) is 6.15. The van der Waals surface area contributed by atoms with Crippen LogP contribution >= 0.6 is 0 Å². The van der Waals surface area contributed by atoms with E-state index in [9.17, 15) is 0 Å². The Hall–Kier alpha value is -1.68. The van der Waals surface area contributed by atoms with Gasteiger partial charge in [-0.05, 0) is 19.4 Å². The zero-order valence-corrected chi connectivity index (χ0v) is 10.0. The maximum atomic E-state index is 5.26. The maximum Gasteiger partial charge on any atom is 0.223 e. The van der Waals surface area contributed by atoms with Gasteiger partial charge in [0.25, 0.3) is 0 Å². The highest BCUT2D eigenvalue weighted by molar-refractivity contribution is 5.78. The van der Waals surface area contributed by atoms with Crippen LogP contribution in [0.5, 0.6) is 0 Å². The van der Waals surface area contributed by atoms with Crippen LogP contribution in [0.15, 0.2) is 30.5 Å². The monoisotopic (exact) mass is 231 g/mol. The lowest BCUT2D eigenvalue weighted by molar-refractivity contribution is 0.147. The molecule has 0 fully saturated rings. The van der Waals surface area contributed by atoms with Crippen molar-refractivity contribution in [2.75, 3.05) is 25.1 Å². The van der Waals surface area contributed by atoms with Gasteiger partial charge < -0.3 is 10.1 Å². The number of benzene rings is 1. The molecule has 0 saturated carbocycles. The second-order valence-corrected chi connectivity index (χ2v) is 3.73. The van der Waals surface area contributed by atoms with Crippen LogP contribution in [-0.4, -0.2) is 29.7 Å². The third-order valence-corrected chi connectivity index (χ3v) is 2.44. The summed E-state index contributed by atoms with van der Waals surface area (Å²) in [6.45, 7) is 4.38. The van der Waals surface area contributed by atoms with Gasteiger partial charge in [0.2, 0.25) is 5.95 Å². The van der Waals surface area contributed by atoms with Crippen molar-refractivity contribution >= 4 is 16.9 Å². The fourth-order valence-corrected chi connectivity index (χ4v) is 1.58. The molecule has 0 spiro atoms. The molecule has 0 aliphatic heterocycles. The molecule has 2 rings (SSSR count). The fraction of sp³-hybridized carbons (Fsp3) is 0.385. The third-order valence-electron chi connectivity index (χ3n) is 2.44. The molecule has 0 bridgehead atoms. The van der Waals surface area contributed by atoms with Gasteiger partial charge in [-0.2, -0.15) is 0 Å². The highest BCUT2D eigenvalue weighted by Gasteiger charge is 1.98. The van der Waals surface area contributed by atoms with E-state index >= 15 is 0 Å². The normalized spacial score (nSPS) is 10.6. The Balaban J connectivity index is 1.90. The van der Waals surface area contributed by atoms with E-state index in [2.05, 4.69) is 15.3 Å². The molecule has 0 radical (unpaired) electrons. The SMILES string of the molecule is CCOCCCNc1ncc2ccccc2n1. The van der Waals surface area contributed by atoms with E-state index in [-0.39, 0.29) is 0 Å². The van der Waals surface area contributed by atoms with Gasteiger partial charge in [-0.1, -0.05) is 18.2 Å². The van der Waals surface area contributed by atoms with Gasteiger partial charge in [-0.25, -0.2) is 9.97 Å². The number of anilines is 1. The first-order valence-electron chi connectivity index (χ1n) is 5.93. The van der Waals surface area contributed by atoms with Crippen molar-refractivity contribution < 1.29 is 4.74 Å². The molecule has 17 heavy (non-hydrogen) atoms. The number of nitrogens with zero attached hydrogens (tertiary/aromatic N) is 2. The number of hydrogen-bond acceptors (Lipinski definition) is 4. The molecule has 4 nitrogen and oxygen atoms in total. The van der Waals surface area contributed by atoms with Crippen LogP contribution in [0.4, 0.5) is 5.95 Å². The summed E-state index contributed by atoms with van der Waals surface area (Å²) in [5.41, 5.74) is 0.967. The molecule has 1 aromatic heterocycles. The zero-order valence-electron chi connectivity index (χ0n) is 10.0. The van der Waals surface area contributed by atoms with Gasteiger partial charge in [0.15, 0.2) is 0 Å². The lowest BCUT2D eigenvalue weighted by Crippen LogP contribution is -2.08. The van der Waals surface area contributed by atoms with Crippen molar-refractivity contribution in [3.63, 3.8) is 0 Å². The van der Waals surface area contributed by atoms with Gasteiger partial charge in [0, 0.05) is 31.3 Å². The van der Waals surface area contributed by atoms with Gasteiger partial charge in [-0.3, -0.25) is 0 Å². The Kier molecular flexibility index (Phi) is 4.27. The molecular formula is C13H17N3O. The quantitative estimate of drug-likeness (QED) is 0.776. The number of para-hydroxylation sites is 1. The summed E-state index contributed by atoms with van der Waals surface area (Å²) in [4.78, 5) is 8.69. The predicted octanol–water partition coefficient (Wildman–Crippen LogP) is 2.47. The van der Waals surface area contributed by atoms with Crippen LogP contribution in [-0.2, 0) is 4.74 Å². The van der Waals surface area contributed by atoms with Crippen LogP contribution in [0.25, 0.3) is 10.9 Å². The Morgan fingerprint density at radius 1 is 1.29 bits per heavy atom. The van der Waals surface area contributed by atoms with Crippen molar-refractivity contribution in [2.45, 2.75) is 13.3 Å². The van der Waals surface area contributed by atoms with Gasteiger partial charge in [0.05, 0.1) is 5.52 Å². The number of nitrogens with one attached hydrogen (secondary N) is 1. The maximum absolute atomic E-state index is 5.26. The predicted molar refractivity (Wildman–Crippen MR) is 69.1 cm³/mol. The first-order valence-corrected chi connectivity index (χ1v) is 5.93. The molecule has 2 aromatic rings. The fourth-order valence-electron chi connectivity index (χ4n) is 1.58. The summed E-state index contributed by atoms with van der Waals surface area (Å²) in [6.07, 6.45) is 2.80. The summed E-state index contributed by atoms with van der Waals surface area (Å²) in [5, 5.41) is 4.26. The van der Waals surface area contributed by atoms with Crippen molar-refractivity contribution in [3.05, 3.63) is 30.5 Å². The zero-order chi connectivity index (χ0) is 11.9. The average Bonchev–Trinajstić information content (AvgIpc) is 2.38. The molecule has 1 heterocycles. The molecule has 0 atom stereocenters. The van der Waals surface area contributed by atoms with Crippen molar-refractivity contribution in [3.8, 4) is 0 Å². The van der Waals surface area contributed by atoms with Crippen molar-refractivity contribution in [1.29, 1.82) is 0 Å². The number of hydrogen-bond donors (Lipinski definition) is 1. The summed E-state index contributed by atoms with van der Waals surface area (Å²) in [5.74, 6) is 0.681. The minimum atomic E-state index is 0.681. The first-order chi connectivity index (χ1) is 8.40. The Morgan fingerprint density at radius 3 is 3.06 bits per heavy atom. The topological polar surface area (TPSA) is 47.0 Å². The molecule has 0 saturated heterocycles. The number of ether oxygens (including phenoxy) is 1. The van der Waals surface area contributed by atoms with E-state index in [1.807, 2.05) is 37.4 Å². The van der Waals surface area contributed by atoms with Crippen molar-refractivity contribution in [1.82, 2.24) is 9.97 Å². The summed E-state index contributed by atoms with van der Waals surface area (Å²) < 4.78 is 5.26. The summed E-state index contributed by atoms with van der Waals surface area (Å²) in [6, 6.07) is 7.96. The van der Waals surface area contributed by atoms with Crippen LogP contribution in [0.2, 0.25) is 0 Å². The molecule has 4 heteroatoms. The Labute approximate surface area is 101 Å². The minimum Gasteiger partial charge on any atom is -0.382 e. The second-order valence-electron chi connectivity index (χ2n) is 3.73. The standard InChI is InChI=1S/C13H17N3O/c1-2-17-9-5-8-14-13-15-10-11-6-3-4-7-12(11)16-13/h3-4,6-7,10H,2,5,8-9H2,1H3,(H,14,15,16). The van der Waals surface area contributed by atoms with E-state index < -0.39 is 0 Å². The van der Waals surface area contributed by atoms with E-state index in [0.717, 1.165) is 37.1 Å². The van der Waals surface area contributed by atoms with E-state index in [0.29, 0.717) is 5.95 Å². The molecule has 0 aliphatic carbocycles. The summed E-state index contributed by atoms with van der Waals surface area (Å²) >= 11 is 0. The van der Waals surface area contributed by atoms with Gasteiger partial charge in [0.1, 0.15) is 0 Å². The molecular weight excluding hydrogens is 214 g/mol. The van der Waals surface area contributed by atoms with Crippen LogP contribution in [0.1, 0.15) is 13.3 Å². The number of rotatable bonds is 6. The van der Waals surface area contributed by atoms with E-state index in [1.54, 1.807) is 0 Å². The molecule has 0 aliphatic rings. The largest absolute Gasteiger partial charge is 0.382 e. The lowest BCUT2D eigenvalue weighted by atomic mass is 10.2. The number of aromatic nitrogens is 2. The minimum absolute atomic E-state index is 0.681. The molecule has 0 unspecified atom stereocenters. The molecule has 90 valence electrons.